The second kappa shape index (κ2) is 7.64. The number of hydrogen-bond donors (Lipinski definition) is 0. The molecule has 1 aliphatic rings. The highest BCUT2D eigenvalue weighted by Crippen LogP contribution is 2.26. The maximum atomic E-state index is 12.8. The molecule has 3 rings (SSSR count). The zero-order chi connectivity index (χ0) is 17.8. The molecule has 0 spiro atoms. The van der Waals surface area contributed by atoms with Crippen LogP contribution in [0.2, 0.25) is 0 Å². The molecule has 0 radical (unpaired) electrons. The molecule has 2 aromatic rings. The summed E-state index contributed by atoms with van der Waals surface area (Å²) in [5.41, 5.74) is 2.48. The summed E-state index contributed by atoms with van der Waals surface area (Å²) in [4.78, 5) is 31.2. The molecule has 1 aromatic heterocycles. The third-order valence-corrected chi connectivity index (χ3v) is 5.12. The van der Waals surface area contributed by atoms with Gasteiger partial charge in [0, 0.05) is 30.3 Å². The van der Waals surface area contributed by atoms with Crippen LogP contribution in [0.1, 0.15) is 42.0 Å². The topological polar surface area (TPSA) is 55.2 Å². The van der Waals surface area contributed by atoms with Crippen molar-refractivity contribution < 1.29 is 4.79 Å². The van der Waals surface area contributed by atoms with Crippen LogP contribution in [-0.2, 0) is 11.3 Å². The summed E-state index contributed by atoms with van der Waals surface area (Å²) in [5, 5.41) is 0. The molecule has 5 heteroatoms. The third-order valence-electron chi connectivity index (χ3n) is 5.12. The van der Waals surface area contributed by atoms with Gasteiger partial charge in [-0.3, -0.25) is 14.2 Å². The van der Waals surface area contributed by atoms with Crippen LogP contribution >= 0.6 is 0 Å². The molecule has 0 bridgehead atoms. The first-order valence-electron chi connectivity index (χ1n) is 8.91. The Labute approximate surface area is 148 Å². The number of aryl methyl sites for hydroxylation is 1. The average Bonchev–Trinajstić information content (AvgIpc) is 2.89. The minimum Gasteiger partial charge on any atom is -0.341 e. The van der Waals surface area contributed by atoms with Crippen molar-refractivity contribution in [2.45, 2.75) is 45.6 Å². The van der Waals surface area contributed by atoms with Crippen molar-refractivity contribution in [1.29, 1.82) is 0 Å². The van der Waals surface area contributed by atoms with E-state index >= 15 is 0 Å². The van der Waals surface area contributed by atoms with Crippen molar-refractivity contribution in [1.82, 2.24) is 14.5 Å². The van der Waals surface area contributed by atoms with Crippen LogP contribution in [0.15, 0.2) is 41.5 Å². The monoisotopic (exact) mass is 339 g/mol. The molecule has 0 saturated carbocycles. The molecule has 0 N–H and O–H groups in total. The number of carbonyl (C=O) groups excluding carboxylic acids is 1. The fourth-order valence-electron chi connectivity index (χ4n) is 3.40. The summed E-state index contributed by atoms with van der Waals surface area (Å²) < 4.78 is 1.42. The van der Waals surface area contributed by atoms with Crippen molar-refractivity contribution in [3.05, 3.63) is 63.8 Å². The first-order valence-corrected chi connectivity index (χ1v) is 8.91. The van der Waals surface area contributed by atoms with Gasteiger partial charge in [-0.25, -0.2) is 4.98 Å². The highest BCUT2D eigenvalue weighted by Gasteiger charge is 2.23. The predicted octanol–water partition coefficient (Wildman–Crippen LogP) is 2.66. The first kappa shape index (κ1) is 17.4. The van der Waals surface area contributed by atoms with Crippen LogP contribution in [0, 0.1) is 13.8 Å². The van der Waals surface area contributed by atoms with E-state index in [1.165, 1.54) is 16.5 Å². The van der Waals surface area contributed by atoms with Gasteiger partial charge in [0.1, 0.15) is 6.54 Å². The van der Waals surface area contributed by atoms with Crippen LogP contribution < -0.4 is 5.56 Å². The Kier molecular flexibility index (Phi) is 5.31. The minimum atomic E-state index is -0.129. The molecule has 1 amide bonds. The van der Waals surface area contributed by atoms with Crippen molar-refractivity contribution >= 4 is 5.91 Å². The van der Waals surface area contributed by atoms with Gasteiger partial charge in [-0.05, 0) is 32.3 Å². The molecular weight excluding hydrogens is 314 g/mol. The van der Waals surface area contributed by atoms with Crippen molar-refractivity contribution in [3.63, 3.8) is 0 Å². The van der Waals surface area contributed by atoms with Crippen molar-refractivity contribution in [2.75, 3.05) is 13.1 Å². The number of hydrogen-bond acceptors (Lipinski definition) is 3. The van der Waals surface area contributed by atoms with Gasteiger partial charge in [0.2, 0.25) is 5.91 Å². The Morgan fingerprint density at radius 2 is 1.96 bits per heavy atom. The van der Waals surface area contributed by atoms with E-state index in [0.29, 0.717) is 17.2 Å². The zero-order valence-corrected chi connectivity index (χ0v) is 14.9. The van der Waals surface area contributed by atoms with Gasteiger partial charge >= 0.3 is 0 Å². The van der Waals surface area contributed by atoms with E-state index in [1.54, 1.807) is 6.92 Å². The quantitative estimate of drug-likeness (QED) is 0.864. The standard InChI is InChI=1S/C20H25N3O2/c1-15-16(2)21-14-23(20(15)25)13-19(24)22-11-7-6-10-18(12-22)17-8-4-3-5-9-17/h3-5,8-9,14,18H,6-7,10-13H2,1-2H3. The Balaban J connectivity index is 1.75. The van der Waals surface area contributed by atoms with Crippen LogP contribution in [0.5, 0.6) is 0 Å². The van der Waals surface area contributed by atoms with Gasteiger partial charge in [-0.2, -0.15) is 0 Å². The van der Waals surface area contributed by atoms with Gasteiger partial charge in [0.25, 0.3) is 5.56 Å². The number of likely N-dealkylation sites (tertiary alicyclic amines) is 1. The first-order chi connectivity index (χ1) is 12.1. The number of aromatic nitrogens is 2. The van der Waals surface area contributed by atoms with Crippen molar-refractivity contribution in [3.8, 4) is 0 Å². The molecule has 1 unspecified atom stereocenters. The van der Waals surface area contributed by atoms with E-state index in [1.807, 2.05) is 30.0 Å². The summed E-state index contributed by atoms with van der Waals surface area (Å²) in [7, 11) is 0. The Morgan fingerprint density at radius 1 is 1.20 bits per heavy atom. The lowest BCUT2D eigenvalue weighted by Crippen LogP contribution is -2.39. The second-order valence-electron chi connectivity index (χ2n) is 6.83. The van der Waals surface area contributed by atoms with E-state index in [-0.39, 0.29) is 18.0 Å². The summed E-state index contributed by atoms with van der Waals surface area (Å²) in [6, 6.07) is 10.4. The fraction of sp³-hybridized carbons (Fsp3) is 0.450. The van der Waals surface area contributed by atoms with Gasteiger partial charge in [0.05, 0.1) is 6.33 Å². The minimum absolute atomic E-state index is 0.00464. The maximum Gasteiger partial charge on any atom is 0.256 e. The lowest BCUT2D eigenvalue weighted by atomic mass is 9.94. The Morgan fingerprint density at radius 3 is 2.72 bits per heavy atom. The average molecular weight is 339 g/mol. The number of benzene rings is 1. The number of nitrogens with zero attached hydrogens (tertiary/aromatic N) is 3. The number of carbonyl (C=O) groups is 1. The van der Waals surface area contributed by atoms with Gasteiger partial charge in [-0.15, -0.1) is 0 Å². The smallest absolute Gasteiger partial charge is 0.256 e. The molecule has 132 valence electrons. The number of amides is 1. The maximum absolute atomic E-state index is 12.8. The zero-order valence-electron chi connectivity index (χ0n) is 14.9. The molecule has 1 aromatic carbocycles. The fourth-order valence-corrected chi connectivity index (χ4v) is 3.40. The van der Waals surface area contributed by atoms with Gasteiger partial charge < -0.3 is 4.90 Å². The summed E-state index contributed by atoms with van der Waals surface area (Å²) in [6.07, 6.45) is 4.71. The highest BCUT2D eigenvalue weighted by atomic mass is 16.2. The van der Waals surface area contributed by atoms with Crippen molar-refractivity contribution in [2.24, 2.45) is 0 Å². The molecule has 0 aliphatic carbocycles. The largest absolute Gasteiger partial charge is 0.341 e. The lowest BCUT2D eigenvalue weighted by Gasteiger charge is -2.25. The summed E-state index contributed by atoms with van der Waals surface area (Å²) in [5.74, 6) is 0.359. The molecule has 25 heavy (non-hydrogen) atoms. The molecule has 5 nitrogen and oxygen atoms in total. The van der Waals surface area contributed by atoms with E-state index < -0.39 is 0 Å². The van der Waals surface area contributed by atoms with E-state index in [9.17, 15) is 9.59 Å². The van der Waals surface area contributed by atoms with E-state index in [2.05, 4.69) is 17.1 Å². The molecular formula is C20H25N3O2. The second-order valence-corrected chi connectivity index (χ2v) is 6.83. The molecule has 1 saturated heterocycles. The highest BCUT2D eigenvalue weighted by molar-refractivity contribution is 5.76. The van der Waals surface area contributed by atoms with Crippen LogP contribution in [0.25, 0.3) is 0 Å². The Hall–Kier alpha value is -2.43. The molecule has 2 heterocycles. The van der Waals surface area contributed by atoms with E-state index in [0.717, 1.165) is 32.4 Å². The van der Waals surface area contributed by atoms with E-state index in [4.69, 9.17) is 0 Å². The predicted molar refractivity (Wildman–Crippen MR) is 97.6 cm³/mol. The molecule has 1 atom stereocenters. The van der Waals surface area contributed by atoms with Crippen LogP contribution in [0.3, 0.4) is 0 Å². The summed E-state index contributed by atoms with van der Waals surface area (Å²) in [6.45, 7) is 5.10. The lowest BCUT2D eigenvalue weighted by molar-refractivity contribution is -0.132. The SMILES string of the molecule is Cc1ncn(CC(=O)N2CCCCC(c3ccccc3)C2)c(=O)c1C. The summed E-state index contributed by atoms with van der Waals surface area (Å²) >= 11 is 0. The molecule has 1 aliphatic heterocycles. The van der Waals surface area contributed by atoms with Crippen LogP contribution in [0.4, 0.5) is 0 Å². The molecule has 1 fully saturated rings. The van der Waals surface area contributed by atoms with Crippen LogP contribution in [-0.4, -0.2) is 33.4 Å². The Bertz CT molecular complexity index is 798. The van der Waals surface area contributed by atoms with Gasteiger partial charge in [-0.1, -0.05) is 36.8 Å². The number of rotatable bonds is 3. The normalized spacial score (nSPS) is 18.0. The van der Waals surface area contributed by atoms with Gasteiger partial charge in [0.15, 0.2) is 0 Å². The third kappa shape index (κ3) is 3.98.